The monoisotopic (exact) mass is 492 g/mol. The molecule has 4 rings (SSSR count). The molecular formula is C25H21BrN2O2S. The minimum Gasteiger partial charge on any atom is -0.496 e. The van der Waals surface area contributed by atoms with Crippen LogP contribution in [0.3, 0.4) is 0 Å². The summed E-state index contributed by atoms with van der Waals surface area (Å²) in [5.41, 5.74) is 4.67. The van der Waals surface area contributed by atoms with Gasteiger partial charge in [-0.1, -0.05) is 42.5 Å². The Morgan fingerprint density at radius 1 is 1.00 bits per heavy atom. The fourth-order valence-corrected chi connectivity index (χ4v) is 4.84. The smallest absolute Gasteiger partial charge is 0.271 e. The van der Waals surface area contributed by atoms with Crippen LogP contribution in [0.4, 0.5) is 11.4 Å². The second kappa shape index (κ2) is 9.12. The number of halogens is 1. The lowest BCUT2D eigenvalue weighted by Gasteiger charge is -2.18. The maximum Gasteiger partial charge on any atom is 0.271 e. The number of benzene rings is 3. The number of para-hydroxylation sites is 2. The van der Waals surface area contributed by atoms with Crippen molar-refractivity contribution in [2.24, 2.45) is 4.99 Å². The van der Waals surface area contributed by atoms with Crippen molar-refractivity contribution >= 4 is 56.2 Å². The van der Waals surface area contributed by atoms with Crippen LogP contribution >= 0.6 is 27.7 Å². The van der Waals surface area contributed by atoms with Gasteiger partial charge >= 0.3 is 0 Å². The number of anilines is 1. The van der Waals surface area contributed by atoms with E-state index in [2.05, 4.69) is 15.9 Å². The first-order valence-corrected chi connectivity index (χ1v) is 11.4. The third-order valence-electron chi connectivity index (χ3n) is 4.97. The molecule has 1 aliphatic heterocycles. The van der Waals surface area contributed by atoms with Gasteiger partial charge in [0.05, 0.1) is 27.9 Å². The first-order valence-electron chi connectivity index (χ1n) is 9.75. The maximum atomic E-state index is 13.5. The van der Waals surface area contributed by atoms with E-state index in [0.29, 0.717) is 10.1 Å². The Bertz CT molecular complexity index is 1220. The Kier molecular flexibility index (Phi) is 6.30. The molecule has 0 N–H and O–H groups in total. The molecule has 0 spiro atoms. The summed E-state index contributed by atoms with van der Waals surface area (Å²) < 4.78 is 6.14. The van der Waals surface area contributed by atoms with Gasteiger partial charge in [0, 0.05) is 0 Å². The molecule has 1 saturated heterocycles. The molecule has 0 aromatic heterocycles. The van der Waals surface area contributed by atoms with Crippen molar-refractivity contribution in [1.29, 1.82) is 0 Å². The van der Waals surface area contributed by atoms with Crippen LogP contribution in [0.2, 0.25) is 0 Å². The first kappa shape index (κ1) is 21.4. The molecule has 0 radical (unpaired) electrons. The van der Waals surface area contributed by atoms with Crippen molar-refractivity contribution in [3.05, 3.63) is 92.8 Å². The molecule has 0 aliphatic carbocycles. The number of rotatable bonds is 4. The molecule has 31 heavy (non-hydrogen) atoms. The van der Waals surface area contributed by atoms with Crippen molar-refractivity contribution < 1.29 is 9.53 Å². The molecule has 0 unspecified atom stereocenters. The highest BCUT2D eigenvalue weighted by atomic mass is 79.9. The van der Waals surface area contributed by atoms with Gasteiger partial charge in [0.25, 0.3) is 5.91 Å². The summed E-state index contributed by atoms with van der Waals surface area (Å²) in [4.78, 5) is 20.7. The van der Waals surface area contributed by atoms with Crippen molar-refractivity contribution in [2.45, 2.75) is 13.8 Å². The quantitative estimate of drug-likeness (QED) is 0.372. The van der Waals surface area contributed by atoms with Crippen LogP contribution in [-0.2, 0) is 4.79 Å². The van der Waals surface area contributed by atoms with Gasteiger partial charge in [0.1, 0.15) is 5.75 Å². The number of hydrogen-bond donors (Lipinski definition) is 0. The van der Waals surface area contributed by atoms with E-state index in [4.69, 9.17) is 9.73 Å². The number of aryl methyl sites for hydroxylation is 2. The Balaban J connectivity index is 1.80. The lowest BCUT2D eigenvalue weighted by Crippen LogP contribution is -2.29. The number of nitrogens with zero attached hydrogens (tertiary/aromatic N) is 2. The largest absolute Gasteiger partial charge is 0.496 e. The van der Waals surface area contributed by atoms with Crippen LogP contribution in [0.1, 0.15) is 16.7 Å². The Morgan fingerprint density at radius 2 is 1.71 bits per heavy atom. The second-order valence-corrected chi connectivity index (χ2v) is 8.98. The molecule has 156 valence electrons. The molecule has 1 fully saturated rings. The molecule has 0 bridgehead atoms. The van der Waals surface area contributed by atoms with E-state index < -0.39 is 0 Å². The molecule has 1 aliphatic rings. The van der Waals surface area contributed by atoms with Gasteiger partial charge in [-0.2, -0.15) is 0 Å². The van der Waals surface area contributed by atoms with Gasteiger partial charge in [0.2, 0.25) is 0 Å². The van der Waals surface area contributed by atoms with E-state index in [1.54, 1.807) is 12.0 Å². The zero-order valence-corrected chi connectivity index (χ0v) is 19.8. The minimum absolute atomic E-state index is 0.0847. The van der Waals surface area contributed by atoms with E-state index in [1.807, 2.05) is 86.7 Å². The summed E-state index contributed by atoms with van der Waals surface area (Å²) in [7, 11) is 1.63. The van der Waals surface area contributed by atoms with Crippen LogP contribution in [0.15, 0.2) is 81.1 Å². The summed E-state index contributed by atoms with van der Waals surface area (Å²) in [6, 6.07) is 21.5. The second-order valence-electron chi connectivity index (χ2n) is 7.11. The molecule has 6 heteroatoms. The third kappa shape index (κ3) is 4.45. The highest BCUT2D eigenvalue weighted by molar-refractivity contribution is 9.10. The van der Waals surface area contributed by atoms with E-state index in [1.165, 1.54) is 11.8 Å². The Hall–Kier alpha value is -2.83. The molecule has 3 aromatic rings. The van der Waals surface area contributed by atoms with Crippen molar-refractivity contribution in [2.75, 3.05) is 12.0 Å². The molecule has 1 heterocycles. The SMILES string of the molecule is COc1ccc(/C=C2\SC(=Nc3ccccc3C)N(c3ccccc3C)C2=O)cc1Br. The first-order chi connectivity index (χ1) is 15.0. The van der Waals surface area contributed by atoms with E-state index in [0.717, 1.165) is 38.3 Å². The summed E-state index contributed by atoms with van der Waals surface area (Å²) >= 11 is 4.90. The lowest BCUT2D eigenvalue weighted by molar-refractivity contribution is -0.113. The number of amides is 1. The Labute approximate surface area is 194 Å². The standard InChI is InChI=1S/C25H21BrN2O2S/c1-16-8-4-6-10-20(16)27-25-28(21-11-7-5-9-17(21)2)24(29)23(31-25)15-18-12-13-22(30-3)19(26)14-18/h4-15H,1-3H3/b23-15-,27-25?. The Morgan fingerprint density at radius 3 is 2.39 bits per heavy atom. The topological polar surface area (TPSA) is 41.9 Å². The number of carbonyl (C=O) groups excluding carboxylic acids is 1. The van der Waals surface area contributed by atoms with E-state index in [-0.39, 0.29) is 5.91 Å². The number of aliphatic imine (C=N–C) groups is 1. The third-order valence-corrected chi connectivity index (χ3v) is 6.56. The van der Waals surface area contributed by atoms with E-state index in [9.17, 15) is 4.79 Å². The van der Waals surface area contributed by atoms with Crippen molar-refractivity contribution in [1.82, 2.24) is 0 Å². The molecule has 0 atom stereocenters. The number of ether oxygens (including phenoxy) is 1. The number of carbonyl (C=O) groups is 1. The summed E-state index contributed by atoms with van der Waals surface area (Å²) in [6.45, 7) is 4.02. The maximum absolute atomic E-state index is 13.5. The highest BCUT2D eigenvalue weighted by Crippen LogP contribution is 2.39. The average Bonchev–Trinajstić information content (AvgIpc) is 3.05. The number of hydrogen-bond acceptors (Lipinski definition) is 4. The number of amidine groups is 1. The van der Waals surface area contributed by atoms with Gasteiger partial charge in [0.15, 0.2) is 5.17 Å². The van der Waals surface area contributed by atoms with Crippen LogP contribution in [-0.4, -0.2) is 18.2 Å². The molecule has 0 saturated carbocycles. The van der Waals surface area contributed by atoms with Crippen LogP contribution in [0, 0.1) is 13.8 Å². The van der Waals surface area contributed by atoms with Crippen molar-refractivity contribution in [3.8, 4) is 5.75 Å². The average molecular weight is 493 g/mol. The summed E-state index contributed by atoms with van der Waals surface area (Å²) in [5, 5.41) is 0.646. The fraction of sp³-hybridized carbons (Fsp3) is 0.120. The predicted molar refractivity (Wildman–Crippen MR) is 133 cm³/mol. The summed E-state index contributed by atoms with van der Waals surface area (Å²) in [5.74, 6) is 0.662. The summed E-state index contributed by atoms with van der Waals surface area (Å²) in [6.07, 6.45) is 1.89. The zero-order chi connectivity index (χ0) is 22.0. The van der Waals surface area contributed by atoms with Gasteiger partial charge in [-0.05, 0) is 88.6 Å². The van der Waals surface area contributed by atoms with Gasteiger partial charge in [-0.3, -0.25) is 9.69 Å². The molecule has 1 amide bonds. The van der Waals surface area contributed by atoms with Gasteiger partial charge in [-0.25, -0.2) is 4.99 Å². The predicted octanol–water partition coefficient (Wildman–Crippen LogP) is 6.88. The fourth-order valence-electron chi connectivity index (χ4n) is 3.29. The zero-order valence-electron chi connectivity index (χ0n) is 17.4. The normalized spacial score (nSPS) is 16.4. The van der Waals surface area contributed by atoms with Crippen LogP contribution < -0.4 is 9.64 Å². The molecular weight excluding hydrogens is 472 g/mol. The van der Waals surface area contributed by atoms with Gasteiger partial charge < -0.3 is 4.74 Å². The minimum atomic E-state index is -0.0847. The molecule has 4 nitrogen and oxygen atoms in total. The number of methoxy groups -OCH3 is 1. The van der Waals surface area contributed by atoms with Gasteiger partial charge in [-0.15, -0.1) is 0 Å². The number of thioether (sulfide) groups is 1. The van der Waals surface area contributed by atoms with Crippen LogP contribution in [0.5, 0.6) is 5.75 Å². The van der Waals surface area contributed by atoms with Crippen molar-refractivity contribution in [3.63, 3.8) is 0 Å². The lowest BCUT2D eigenvalue weighted by atomic mass is 10.1. The van der Waals surface area contributed by atoms with E-state index >= 15 is 0 Å². The highest BCUT2D eigenvalue weighted by Gasteiger charge is 2.35. The van der Waals surface area contributed by atoms with Crippen LogP contribution in [0.25, 0.3) is 6.08 Å². The molecule has 3 aromatic carbocycles.